The molecule has 0 bridgehead atoms. The van der Waals surface area contributed by atoms with Crippen LogP contribution >= 0.6 is 15.9 Å². The number of rotatable bonds is 7. The molecule has 1 aromatic carbocycles. The predicted molar refractivity (Wildman–Crippen MR) is 93.8 cm³/mol. The van der Waals surface area contributed by atoms with E-state index in [-0.39, 0.29) is 32.0 Å². The monoisotopic (exact) mass is 418 g/mol. The maximum atomic E-state index is 12.7. The van der Waals surface area contributed by atoms with E-state index >= 15 is 0 Å². The number of aryl methyl sites for hydroxylation is 1. The summed E-state index contributed by atoms with van der Waals surface area (Å²) < 4.78 is 31.3. The number of hydrogen-bond donors (Lipinski definition) is 0. The minimum Gasteiger partial charge on any atom is -0.383 e. The summed E-state index contributed by atoms with van der Waals surface area (Å²) in [4.78, 5) is 27.5. The molecule has 1 atom stereocenters. The van der Waals surface area contributed by atoms with Gasteiger partial charge in [-0.15, -0.1) is 0 Å². The molecule has 1 aliphatic heterocycles. The van der Waals surface area contributed by atoms with Crippen LogP contribution in [-0.4, -0.2) is 56.5 Å². The number of hydrogen-bond acceptors (Lipinski definition) is 3. The van der Waals surface area contributed by atoms with Gasteiger partial charge in [0.15, 0.2) is 0 Å². The molecule has 2 amide bonds. The van der Waals surface area contributed by atoms with Gasteiger partial charge in [-0.05, 0) is 30.7 Å². The Morgan fingerprint density at radius 1 is 1.48 bits per heavy atom. The molecule has 1 unspecified atom stereocenters. The van der Waals surface area contributed by atoms with Gasteiger partial charge in [-0.2, -0.15) is 0 Å². The maximum Gasteiger partial charge on any atom is 0.255 e. The zero-order valence-electron chi connectivity index (χ0n) is 14.2. The Morgan fingerprint density at radius 3 is 2.80 bits per heavy atom. The van der Waals surface area contributed by atoms with E-state index in [4.69, 9.17) is 4.74 Å². The zero-order chi connectivity index (χ0) is 18.6. The molecule has 5 nitrogen and oxygen atoms in total. The molecule has 25 heavy (non-hydrogen) atoms. The van der Waals surface area contributed by atoms with Gasteiger partial charge in [0, 0.05) is 36.8 Å². The van der Waals surface area contributed by atoms with Crippen LogP contribution in [0.5, 0.6) is 0 Å². The van der Waals surface area contributed by atoms with E-state index in [9.17, 15) is 18.4 Å². The van der Waals surface area contributed by atoms with Crippen molar-refractivity contribution >= 4 is 33.4 Å². The number of alkyl halides is 2. The van der Waals surface area contributed by atoms with Crippen LogP contribution in [-0.2, 0) is 14.3 Å². The van der Waals surface area contributed by atoms with Gasteiger partial charge in [-0.3, -0.25) is 9.59 Å². The van der Waals surface area contributed by atoms with Crippen molar-refractivity contribution in [1.82, 2.24) is 4.90 Å². The summed E-state index contributed by atoms with van der Waals surface area (Å²) in [5.74, 6) is -1.22. The fourth-order valence-corrected chi connectivity index (χ4v) is 3.08. The number of halogens is 3. The van der Waals surface area contributed by atoms with Crippen molar-refractivity contribution in [2.24, 2.45) is 5.92 Å². The number of benzene rings is 1. The lowest BCUT2D eigenvalue weighted by molar-refractivity contribution is -0.138. The molecule has 0 radical (unpaired) electrons. The molecule has 1 heterocycles. The molecular formula is C17H21BrF2N2O3. The van der Waals surface area contributed by atoms with Crippen molar-refractivity contribution in [3.8, 4) is 0 Å². The highest BCUT2D eigenvalue weighted by atomic mass is 79.9. The van der Waals surface area contributed by atoms with Crippen molar-refractivity contribution in [1.29, 1.82) is 0 Å². The number of ether oxygens (including phenoxy) is 1. The average Bonchev–Trinajstić information content (AvgIpc) is 2.95. The summed E-state index contributed by atoms with van der Waals surface area (Å²) in [6.07, 6.45) is -2.59. The highest BCUT2D eigenvalue weighted by Gasteiger charge is 2.37. The Hall–Kier alpha value is -1.54. The Bertz CT molecular complexity index is 642. The molecule has 8 heteroatoms. The van der Waals surface area contributed by atoms with Crippen molar-refractivity contribution < 1.29 is 23.1 Å². The standard InChI is InChI=1S/C17H21BrF2N2O3/c1-11-7-13(3-4-14(11)18)22-9-12(8-16(22)23)17(24)21(5-6-25-2)10-15(19)20/h3-4,7,12,15H,5-6,8-10H2,1-2H3. The van der Waals surface area contributed by atoms with E-state index in [1.807, 2.05) is 19.1 Å². The number of amides is 2. The minimum absolute atomic E-state index is 0.0284. The number of nitrogens with zero attached hydrogens (tertiary/aromatic N) is 2. The molecule has 1 aliphatic rings. The molecule has 0 spiro atoms. The largest absolute Gasteiger partial charge is 0.383 e. The van der Waals surface area contributed by atoms with Crippen molar-refractivity contribution in [2.75, 3.05) is 38.3 Å². The molecule has 138 valence electrons. The van der Waals surface area contributed by atoms with Crippen molar-refractivity contribution in [3.63, 3.8) is 0 Å². The smallest absolute Gasteiger partial charge is 0.255 e. The van der Waals surface area contributed by atoms with E-state index < -0.39 is 24.8 Å². The minimum atomic E-state index is -2.62. The topological polar surface area (TPSA) is 49.9 Å². The van der Waals surface area contributed by atoms with Crippen LogP contribution in [0.3, 0.4) is 0 Å². The summed E-state index contributed by atoms with van der Waals surface area (Å²) in [7, 11) is 1.45. The third-order valence-electron chi connectivity index (χ3n) is 4.16. The summed E-state index contributed by atoms with van der Waals surface area (Å²) in [5.41, 5.74) is 1.68. The van der Waals surface area contributed by atoms with E-state index in [1.165, 1.54) is 7.11 Å². The lowest BCUT2D eigenvalue weighted by Gasteiger charge is -2.25. The fraction of sp³-hybridized carbons (Fsp3) is 0.529. The van der Waals surface area contributed by atoms with Crippen LogP contribution in [0.1, 0.15) is 12.0 Å². The summed E-state index contributed by atoms with van der Waals surface area (Å²) in [5, 5.41) is 0. The van der Waals surface area contributed by atoms with Crippen LogP contribution in [0.4, 0.5) is 14.5 Å². The molecule has 2 rings (SSSR count). The highest BCUT2D eigenvalue weighted by Crippen LogP contribution is 2.29. The van der Waals surface area contributed by atoms with E-state index in [0.29, 0.717) is 5.69 Å². The molecular weight excluding hydrogens is 398 g/mol. The maximum absolute atomic E-state index is 12.7. The Balaban J connectivity index is 2.11. The van der Waals surface area contributed by atoms with Crippen molar-refractivity contribution in [2.45, 2.75) is 19.8 Å². The van der Waals surface area contributed by atoms with Gasteiger partial charge in [0.2, 0.25) is 11.8 Å². The van der Waals surface area contributed by atoms with Gasteiger partial charge in [-0.1, -0.05) is 15.9 Å². The predicted octanol–water partition coefficient (Wildman–Crippen LogP) is 2.85. The number of methoxy groups -OCH3 is 1. The number of carbonyl (C=O) groups is 2. The van der Waals surface area contributed by atoms with Crippen LogP contribution in [0.25, 0.3) is 0 Å². The second-order valence-corrected chi connectivity index (χ2v) is 6.86. The van der Waals surface area contributed by atoms with Gasteiger partial charge in [0.25, 0.3) is 6.43 Å². The molecule has 1 fully saturated rings. The first-order chi connectivity index (χ1) is 11.8. The molecule has 1 aromatic rings. The van der Waals surface area contributed by atoms with Gasteiger partial charge in [0.05, 0.1) is 19.1 Å². The first-order valence-corrected chi connectivity index (χ1v) is 8.75. The van der Waals surface area contributed by atoms with Crippen LogP contribution in [0, 0.1) is 12.8 Å². The second kappa shape index (κ2) is 8.71. The molecule has 0 N–H and O–H groups in total. The molecule has 0 saturated carbocycles. The summed E-state index contributed by atoms with van der Waals surface area (Å²) in [6, 6.07) is 5.50. The third kappa shape index (κ3) is 4.98. The number of anilines is 1. The van der Waals surface area contributed by atoms with E-state index in [2.05, 4.69) is 15.9 Å². The highest BCUT2D eigenvalue weighted by molar-refractivity contribution is 9.10. The summed E-state index contributed by atoms with van der Waals surface area (Å²) in [6.45, 7) is 1.72. The van der Waals surface area contributed by atoms with Gasteiger partial charge in [0.1, 0.15) is 0 Å². The lowest BCUT2D eigenvalue weighted by atomic mass is 10.1. The second-order valence-electron chi connectivity index (χ2n) is 6.01. The third-order valence-corrected chi connectivity index (χ3v) is 5.05. The van der Waals surface area contributed by atoms with Gasteiger partial charge < -0.3 is 14.5 Å². The quantitative estimate of drug-likeness (QED) is 0.683. The number of carbonyl (C=O) groups excluding carboxylic acids is 2. The van der Waals surface area contributed by atoms with Crippen LogP contribution in [0.2, 0.25) is 0 Å². The molecule has 1 saturated heterocycles. The van der Waals surface area contributed by atoms with Gasteiger partial charge in [-0.25, -0.2) is 8.78 Å². The van der Waals surface area contributed by atoms with Crippen LogP contribution < -0.4 is 4.90 Å². The van der Waals surface area contributed by atoms with Gasteiger partial charge >= 0.3 is 0 Å². The molecule has 0 aromatic heterocycles. The molecule has 0 aliphatic carbocycles. The zero-order valence-corrected chi connectivity index (χ0v) is 15.8. The average molecular weight is 419 g/mol. The SMILES string of the molecule is COCCN(CC(F)F)C(=O)C1CC(=O)N(c2ccc(Br)c(C)c2)C1. The first-order valence-electron chi connectivity index (χ1n) is 7.96. The van der Waals surface area contributed by atoms with E-state index in [1.54, 1.807) is 11.0 Å². The summed E-state index contributed by atoms with van der Waals surface area (Å²) >= 11 is 3.41. The normalized spacial score (nSPS) is 17.4. The lowest BCUT2D eigenvalue weighted by Crippen LogP contribution is -2.42. The first kappa shape index (κ1) is 19.8. The Morgan fingerprint density at radius 2 is 2.20 bits per heavy atom. The van der Waals surface area contributed by atoms with Crippen molar-refractivity contribution in [3.05, 3.63) is 28.2 Å². The van der Waals surface area contributed by atoms with E-state index in [0.717, 1.165) is 14.9 Å². The fourth-order valence-electron chi connectivity index (χ4n) is 2.84. The van der Waals surface area contributed by atoms with Crippen LogP contribution in [0.15, 0.2) is 22.7 Å². The Kier molecular flexibility index (Phi) is 6.89. The Labute approximate surface area is 154 Å².